The molecule has 0 aromatic heterocycles. The van der Waals surface area contributed by atoms with Crippen LogP contribution in [0.5, 0.6) is 0 Å². The number of rotatable bonds is 5. The molecule has 3 nitrogen and oxygen atoms in total. The number of carbonyl (C=O) groups excluding carboxylic acids is 1. The van der Waals surface area contributed by atoms with Crippen molar-refractivity contribution < 1.29 is 9.53 Å². The van der Waals surface area contributed by atoms with E-state index in [9.17, 15) is 4.79 Å². The minimum absolute atomic E-state index is 0.102. The summed E-state index contributed by atoms with van der Waals surface area (Å²) < 4.78 is 6.66. The van der Waals surface area contributed by atoms with E-state index in [4.69, 9.17) is 4.74 Å². The lowest BCUT2D eigenvalue weighted by molar-refractivity contribution is -0.122. The number of hydrogen-bond acceptors (Lipinski definition) is 2. The first-order chi connectivity index (χ1) is 9.25. The van der Waals surface area contributed by atoms with Crippen LogP contribution in [0.2, 0.25) is 0 Å². The molecule has 0 bridgehead atoms. The predicted molar refractivity (Wildman–Crippen MR) is 78.8 cm³/mol. The van der Waals surface area contributed by atoms with E-state index in [1.54, 1.807) is 0 Å². The van der Waals surface area contributed by atoms with E-state index in [0.29, 0.717) is 13.0 Å². The van der Waals surface area contributed by atoms with Crippen LogP contribution < -0.4 is 5.32 Å². The molecule has 0 aliphatic carbocycles. The van der Waals surface area contributed by atoms with E-state index >= 15 is 0 Å². The number of carbonyl (C=O) groups is 1. The topological polar surface area (TPSA) is 38.3 Å². The molecule has 0 spiro atoms. The van der Waals surface area contributed by atoms with Crippen LogP contribution in [-0.4, -0.2) is 18.6 Å². The van der Waals surface area contributed by atoms with E-state index in [2.05, 4.69) is 21.2 Å². The summed E-state index contributed by atoms with van der Waals surface area (Å²) in [5.74, 6) is 0.102. The van der Waals surface area contributed by atoms with Crippen molar-refractivity contribution in [1.29, 1.82) is 0 Å². The third kappa shape index (κ3) is 4.96. The van der Waals surface area contributed by atoms with Gasteiger partial charge in [0.1, 0.15) is 0 Å². The smallest absolute Gasteiger partial charge is 0.220 e. The number of nitrogens with one attached hydrogen (secondary N) is 1. The average Bonchev–Trinajstić information content (AvgIpc) is 2.45. The second-order valence-corrected chi connectivity index (χ2v) is 5.75. The van der Waals surface area contributed by atoms with Crippen molar-refractivity contribution in [1.82, 2.24) is 5.32 Å². The predicted octanol–water partition coefficient (Wildman–Crippen LogP) is 3.41. The summed E-state index contributed by atoms with van der Waals surface area (Å²) in [6.07, 6.45) is 5.14. The highest BCUT2D eigenvalue weighted by Crippen LogP contribution is 2.17. The van der Waals surface area contributed by atoms with E-state index in [0.717, 1.165) is 35.9 Å². The highest BCUT2D eigenvalue weighted by atomic mass is 79.9. The Morgan fingerprint density at radius 2 is 2.21 bits per heavy atom. The van der Waals surface area contributed by atoms with Crippen molar-refractivity contribution in [2.75, 3.05) is 6.61 Å². The molecule has 1 saturated heterocycles. The fraction of sp³-hybridized carbons (Fsp3) is 0.533. The SMILES string of the molecule is O=C(CCC1CCCCO1)NCc1ccccc1Br. The molecule has 1 unspecified atom stereocenters. The second kappa shape index (κ2) is 7.65. The molecule has 104 valence electrons. The Kier molecular flexibility index (Phi) is 5.86. The van der Waals surface area contributed by atoms with Crippen molar-refractivity contribution >= 4 is 21.8 Å². The molecule has 2 rings (SSSR count). The summed E-state index contributed by atoms with van der Waals surface area (Å²) in [6.45, 7) is 1.43. The highest BCUT2D eigenvalue weighted by molar-refractivity contribution is 9.10. The molecule has 1 aliphatic heterocycles. The fourth-order valence-electron chi connectivity index (χ4n) is 2.25. The van der Waals surface area contributed by atoms with E-state index in [-0.39, 0.29) is 12.0 Å². The quantitative estimate of drug-likeness (QED) is 0.900. The van der Waals surface area contributed by atoms with E-state index in [1.807, 2.05) is 24.3 Å². The molecule has 19 heavy (non-hydrogen) atoms. The monoisotopic (exact) mass is 325 g/mol. The summed E-state index contributed by atoms with van der Waals surface area (Å²) in [4.78, 5) is 11.8. The molecule has 1 aliphatic rings. The van der Waals surface area contributed by atoms with Gasteiger partial charge >= 0.3 is 0 Å². The summed E-state index contributed by atoms with van der Waals surface area (Å²) in [7, 11) is 0. The van der Waals surface area contributed by atoms with Gasteiger partial charge in [0.15, 0.2) is 0 Å². The Balaban J connectivity index is 1.68. The Bertz CT molecular complexity index is 416. The zero-order valence-electron chi connectivity index (χ0n) is 11.0. The van der Waals surface area contributed by atoms with Gasteiger partial charge in [0, 0.05) is 24.0 Å². The molecule has 1 aromatic rings. The van der Waals surface area contributed by atoms with Gasteiger partial charge in [-0.25, -0.2) is 0 Å². The van der Waals surface area contributed by atoms with Gasteiger partial charge in [0.25, 0.3) is 0 Å². The van der Waals surface area contributed by atoms with Crippen molar-refractivity contribution in [2.24, 2.45) is 0 Å². The Hall–Kier alpha value is -0.870. The minimum Gasteiger partial charge on any atom is -0.378 e. The second-order valence-electron chi connectivity index (χ2n) is 4.90. The Labute approximate surface area is 122 Å². The summed E-state index contributed by atoms with van der Waals surface area (Å²) in [5, 5.41) is 2.95. The number of ether oxygens (including phenoxy) is 1. The maximum atomic E-state index is 11.8. The molecule has 4 heteroatoms. The normalized spacial score (nSPS) is 19.1. The van der Waals surface area contributed by atoms with E-state index < -0.39 is 0 Å². The molecular weight excluding hydrogens is 306 g/mol. The van der Waals surface area contributed by atoms with Crippen LogP contribution >= 0.6 is 15.9 Å². The Morgan fingerprint density at radius 1 is 1.37 bits per heavy atom. The van der Waals surface area contributed by atoms with Gasteiger partial charge in [-0.15, -0.1) is 0 Å². The Morgan fingerprint density at radius 3 is 2.95 bits per heavy atom. The molecule has 0 radical (unpaired) electrons. The molecule has 1 amide bonds. The van der Waals surface area contributed by atoms with Gasteiger partial charge in [-0.3, -0.25) is 4.79 Å². The zero-order chi connectivity index (χ0) is 13.5. The third-order valence-corrected chi connectivity index (χ3v) is 4.17. The summed E-state index contributed by atoms with van der Waals surface area (Å²) in [5.41, 5.74) is 1.10. The van der Waals surface area contributed by atoms with Crippen molar-refractivity contribution in [3.05, 3.63) is 34.3 Å². The largest absolute Gasteiger partial charge is 0.378 e. The standard InChI is InChI=1S/C15H20BrNO2/c16-14-7-2-1-5-12(14)11-17-15(18)9-8-13-6-3-4-10-19-13/h1-2,5,7,13H,3-4,6,8-11H2,(H,17,18). The third-order valence-electron chi connectivity index (χ3n) is 3.40. The van der Waals surface area contributed by atoms with Gasteiger partial charge < -0.3 is 10.1 Å². The van der Waals surface area contributed by atoms with Crippen LogP contribution in [0.15, 0.2) is 28.7 Å². The van der Waals surface area contributed by atoms with E-state index in [1.165, 1.54) is 6.42 Å². The van der Waals surface area contributed by atoms with Gasteiger partial charge in [0.2, 0.25) is 5.91 Å². The first-order valence-electron chi connectivity index (χ1n) is 6.87. The van der Waals surface area contributed by atoms with Crippen molar-refractivity contribution in [2.45, 2.75) is 44.8 Å². The molecular formula is C15H20BrNO2. The average molecular weight is 326 g/mol. The number of benzene rings is 1. The van der Waals surface area contributed by atoms with Crippen molar-refractivity contribution in [3.63, 3.8) is 0 Å². The molecule has 1 N–H and O–H groups in total. The lowest BCUT2D eigenvalue weighted by atomic mass is 10.0. The van der Waals surface area contributed by atoms with Crippen LogP contribution in [-0.2, 0) is 16.1 Å². The number of halogens is 1. The van der Waals surface area contributed by atoms with Crippen molar-refractivity contribution in [3.8, 4) is 0 Å². The van der Waals surface area contributed by atoms with Crippen LogP contribution in [0.25, 0.3) is 0 Å². The molecule has 1 atom stereocenters. The lowest BCUT2D eigenvalue weighted by Crippen LogP contribution is -2.26. The summed E-state index contributed by atoms with van der Waals surface area (Å²) in [6, 6.07) is 7.93. The minimum atomic E-state index is 0.102. The first kappa shape index (κ1) is 14.5. The highest BCUT2D eigenvalue weighted by Gasteiger charge is 2.15. The maximum absolute atomic E-state index is 11.8. The molecule has 0 saturated carbocycles. The van der Waals surface area contributed by atoms with Crippen LogP contribution in [0.3, 0.4) is 0 Å². The summed E-state index contributed by atoms with van der Waals surface area (Å²) >= 11 is 3.48. The van der Waals surface area contributed by atoms with Crippen LogP contribution in [0, 0.1) is 0 Å². The molecule has 1 aromatic carbocycles. The van der Waals surface area contributed by atoms with Gasteiger partial charge in [-0.2, -0.15) is 0 Å². The van der Waals surface area contributed by atoms with Gasteiger partial charge in [-0.05, 0) is 37.3 Å². The van der Waals surface area contributed by atoms with Gasteiger partial charge in [0.05, 0.1) is 6.10 Å². The van der Waals surface area contributed by atoms with Gasteiger partial charge in [-0.1, -0.05) is 34.1 Å². The van der Waals surface area contributed by atoms with Crippen LogP contribution in [0.4, 0.5) is 0 Å². The maximum Gasteiger partial charge on any atom is 0.220 e. The zero-order valence-corrected chi connectivity index (χ0v) is 12.6. The van der Waals surface area contributed by atoms with Crippen LogP contribution in [0.1, 0.15) is 37.7 Å². The lowest BCUT2D eigenvalue weighted by Gasteiger charge is -2.22. The molecule has 1 heterocycles. The fourth-order valence-corrected chi connectivity index (χ4v) is 2.68. The first-order valence-corrected chi connectivity index (χ1v) is 7.66. The number of hydrogen-bond donors (Lipinski definition) is 1. The molecule has 1 fully saturated rings. The number of amides is 1.